The van der Waals surface area contributed by atoms with Crippen LogP contribution in [0.25, 0.3) is 22.5 Å². The summed E-state index contributed by atoms with van der Waals surface area (Å²) >= 11 is 6.48. The average Bonchev–Trinajstić information content (AvgIpc) is 3.74. The Hall–Kier alpha value is -4.57. The van der Waals surface area contributed by atoms with Gasteiger partial charge in [-0.2, -0.15) is 5.21 Å². The Morgan fingerprint density at radius 1 is 0.980 bits per heavy atom. The smallest absolute Gasteiger partial charge is 0.434 e. The van der Waals surface area contributed by atoms with E-state index in [1.807, 2.05) is 55.5 Å². The number of aromatic nitrogens is 6. The molecule has 2 heterocycles. The molecular weight excluding hydrogens is 696 g/mol. The van der Waals surface area contributed by atoms with Crippen LogP contribution in [0.3, 0.4) is 0 Å². The highest BCUT2D eigenvalue weighted by atomic mass is 35.5. The van der Waals surface area contributed by atoms with Crippen molar-refractivity contribution in [2.45, 2.75) is 71.3 Å². The zero-order valence-corrected chi connectivity index (χ0v) is 28.5. The number of aromatic amines is 1. The maximum absolute atomic E-state index is 13.4. The van der Waals surface area contributed by atoms with Crippen molar-refractivity contribution in [3.05, 3.63) is 70.8 Å². The van der Waals surface area contributed by atoms with Gasteiger partial charge in [-0.25, -0.2) is 24.2 Å². The van der Waals surface area contributed by atoms with Crippen molar-refractivity contribution in [3.8, 4) is 22.5 Å². The fraction of sp³-hybridized carbons (Fsp3) is 0.419. The van der Waals surface area contributed by atoms with Crippen LogP contribution in [0.5, 0.6) is 0 Å². The minimum atomic E-state index is -1.34. The molecule has 4 rings (SSSR count). The summed E-state index contributed by atoms with van der Waals surface area (Å²) < 4.78 is 17.2. The van der Waals surface area contributed by atoms with Crippen molar-refractivity contribution in [1.29, 1.82) is 0 Å². The third-order valence-corrected chi connectivity index (χ3v) is 7.63. The first-order chi connectivity index (χ1) is 24.5. The first-order valence-corrected chi connectivity index (χ1v) is 16.3. The van der Waals surface area contributed by atoms with Crippen LogP contribution in [0.2, 0.25) is 5.15 Å². The number of unbranched alkanes of at least 4 members (excludes halogenated alkanes) is 2. The van der Waals surface area contributed by atoms with E-state index in [9.17, 15) is 9.59 Å². The Balaban J connectivity index is 1.35. The number of carbonyl (C=O) groups excluding carboxylic acids is 2. The van der Waals surface area contributed by atoms with E-state index in [0.717, 1.165) is 35.1 Å². The highest BCUT2D eigenvalue weighted by molar-refractivity contribution is 6.32. The van der Waals surface area contributed by atoms with Crippen LogP contribution in [0, 0.1) is 0 Å². The van der Waals surface area contributed by atoms with Gasteiger partial charge in [0, 0.05) is 25.5 Å². The molecular formula is C31H39ClN8O11. The zero-order valence-electron chi connectivity index (χ0n) is 27.8. The standard InChI is InChI=1S/C31H39ClN8O11/c1-3-4-12-26-33-28(32)27(30(41)49-20(2)50-31(42)47-17-8-7-9-23(51-40(45)46)19-48-39(43)44)38(26)18-21-13-15-22(16-14-21)24-10-5-6-11-25(24)29-34-36-37-35-29/h5-6,10-11,13-16,20,23,43-46H,3-4,7-9,12,17-19H2,1-2H3,(H,34,35,36,37)/t20?,23-/m1/s1. The van der Waals surface area contributed by atoms with Crippen LogP contribution in [0.1, 0.15) is 67.8 Å². The number of hydrogen-bond acceptors (Lipinski definition) is 17. The summed E-state index contributed by atoms with van der Waals surface area (Å²) in [5, 5.41) is 48.2. The number of hydrogen-bond donors (Lipinski definition) is 5. The number of H-pyrrole nitrogens is 1. The van der Waals surface area contributed by atoms with Gasteiger partial charge in [0.05, 0.1) is 17.4 Å². The quantitative estimate of drug-likeness (QED) is 0.0347. The van der Waals surface area contributed by atoms with Gasteiger partial charge in [-0.05, 0) is 47.6 Å². The van der Waals surface area contributed by atoms with Crippen LogP contribution < -0.4 is 0 Å². The van der Waals surface area contributed by atoms with Crippen molar-refractivity contribution in [3.63, 3.8) is 0 Å². The second kappa shape index (κ2) is 19.7. The van der Waals surface area contributed by atoms with Gasteiger partial charge in [0.15, 0.2) is 10.8 Å². The fourth-order valence-corrected chi connectivity index (χ4v) is 5.29. The van der Waals surface area contributed by atoms with E-state index >= 15 is 0 Å². The van der Waals surface area contributed by atoms with Gasteiger partial charge in [-0.1, -0.05) is 73.5 Å². The van der Waals surface area contributed by atoms with Crippen molar-refractivity contribution in [1.82, 2.24) is 41.0 Å². The van der Waals surface area contributed by atoms with Gasteiger partial charge >= 0.3 is 12.1 Å². The number of imidazole rings is 1. The van der Waals surface area contributed by atoms with Crippen LogP contribution in [-0.4, -0.2) is 99.5 Å². The normalized spacial score (nSPS) is 12.6. The lowest BCUT2D eigenvalue weighted by molar-refractivity contribution is -0.527. The van der Waals surface area contributed by atoms with Crippen molar-refractivity contribution in [2.24, 2.45) is 0 Å². The topological polar surface area (TPSA) is 240 Å². The Morgan fingerprint density at radius 2 is 1.73 bits per heavy atom. The number of benzene rings is 2. The number of halogens is 1. The molecule has 0 saturated carbocycles. The minimum absolute atomic E-state index is 0.00806. The van der Waals surface area contributed by atoms with Gasteiger partial charge < -0.3 is 18.8 Å². The van der Waals surface area contributed by atoms with Crippen LogP contribution in [-0.2, 0) is 36.9 Å². The lowest BCUT2D eigenvalue weighted by Gasteiger charge is -2.19. The largest absolute Gasteiger partial charge is 0.511 e. The monoisotopic (exact) mass is 734 g/mol. The minimum Gasteiger partial charge on any atom is -0.434 e. The third-order valence-electron chi connectivity index (χ3n) is 7.37. The number of aryl methyl sites for hydroxylation is 1. The first kappa shape index (κ1) is 39.2. The lowest BCUT2D eigenvalue weighted by Crippen LogP contribution is -2.31. The number of rotatable bonds is 20. The van der Waals surface area contributed by atoms with Crippen molar-refractivity contribution < 1.29 is 54.3 Å². The molecule has 2 atom stereocenters. The Bertz CT molecular complexity index is 1670. The van der Waals surface area contributed by atoms with Gasteiger partial charge in [0.1, 0.15) is 18.5 Å². The van der Waals surface area contributed by atoms with Gasteiger partial charge in [0.25, 0.3) is 0 Å². The molecule has 1 unspecified atom stereocenters. The number of esters is 1. The SMILES string of the molecule is CCCCc1nc(Cl)c(C(=O)OC(C)OC(=O)OCCCC[C@H](CON(O)O)ON(O)O)n1Cc1ccc(-c2ccccc2-c2nn[nH]n2)cc1. The van der Waals surface area contributed by atoms with Gasteiger partial charge in [0.2, 0.25) is 12.1 Å². The van der Waals surface area contributed by atoms with E-state index in [1.165, 1.54) is 6.92 Å². The van der Waals surface area contributed by atoms with Crippen LogP contribution in [0.15, 0.2) is 48.5 Å². The Morgan fingerprint density at radius 3 is 2.39 bits per heavy atom. The molecule has 2 aromatic carbocycles. The molecule has 276 valence electrons. The Labute approximate surface area is 296 Å². The summed E-state index contributed by atoms with van der Waals surface area (Å²) in [6, 6.07) is 15.5. The fourth-order valence-electron chi connectivity index (χ4n) is 5.01. The van der Waals surface area contributed by atoms with Crippen LogP contribution >= 0.6 is 11.6 Å². The molecule has 0 spiro atoms. The number of carbonyl (C=O) groups is 2. The number of ether oxygens (including phenoxy) is 3. The van der Waals surface area contributed by atoms with Crippen molar-refractivity contribution >= 4 is 23.7 Å². The predicted molar refractivity (Wildman–Crippen MR) is 173 cm³/mol. The van der Waals surface area contributed by atoms with E-state index in [0.29, 0.717) is 30.9 Å². The third kappa shape index (κ3) is 12.0. The summed E-state index contributed by atoms with van der Waals surface area (Å²) in [5.41, 5.74) is 3.53. The maximum atomic E-state index is 13.4. The first-order valence-electron chi connectivity index (χ1n) is 15.9. The van der Waals surface area contributed by atoms with E-state index in [1.54, 1.807) is 4.57 Å². The zero-order chi connectivity index (χ0) is 36.8. The highest BCUT2D eigenvalue weighted by Crippen LogP contribution is 2.30. The van der Waals surface area contributed by atoms with Gasteiger partial charge in [-0.15, -0.1) is 10.2 Å². The number of nitrogens with one attached hydrogen (secondary N) is 1. The molecule has 5 N–H and O–H groups in total. The molecule has 0 saturated heterocycles. The summed E-state index contributed by atoms with van der Waals surface area (Å²) in [7, 11) is 0. The number of tetrazole rings is 1. The second-order valence-corrected chi connectivity index (χ2v) is 11.4. The maximum Gasteiger partial charge on any atom is 0.511 e. The molecule has 51 heavy (non-hydrogen) atoms. The van der Waals surface area contributed by atoms with E-state index < -0.39 is 41.9 Å². The molecule has 2 aromatic heterocycles. The lowest BCUT2D eigenvalue weighted by atomic mass is 9.98. The molecule has 4 aromatic rings. The molecule has 0 aliphatic rings. The summed E-state index contributed by atoms with van der Waals surface area (Å²) in [6.07, 6.45) is -0.332. The number of nitrogens with zero attached hydrogens (tertiary/aromatic N) is 7. The summed E-state index contributed by atoms with van der Waals surface area (Å²) in [5.74, 6) is 0.227. The molecule has 19 nitrogen and oxygen atoms in total. The molecule has 0 amide bonds. The molecule has 0 fully saturated rings. The molecule has 0 bridgehead atoms. The van der Waals surface area contributed by atoms with E-state index in [2.05, 4.69) is 35.3 Å². The summed E-state index contributed by atoms with van der Waals surface area (Å²) in [4.78, 5) is 39.1. The molecule has 0 radical (unpaired) electrons. The molecule has 20 heteroatoms. The average molecular weight is 735 g/mol. The van der Waals surface area contributed by atoms with Crippen LogP contribution in [0.4, 0.5) is 4.79 Å². The van der Waals surface area contributed by atoms with Crippen molar-refractivity contribution in [2.75, 3.05) is 13.2 Å². The van der Waals surface area contributed by atoms with E-state index in [4.69, 9.17) is 46.6 Å². The molecule has 0 aliphatic heterocycles. The predicted octanol–water partition coefficient (Wildman–Crippen LogP) is 4.99. The Kier molecular flexibility index (Phi) is 15.2. The van der Waals surface area contributed by atoms with E-state index in [-0.39, 0.29) is 30.4 Å². The van der Waals surface area contributed by atoms with Gasteiger partial charge in [-0.3, -0.25) is 20.8 Å². The molecule has 0 aliphatic carbocycles. The summed E-state index contributed by atoms with van der Waals surface area (Å²) in [6.45, 7) is 3.13. The highest BCUT2D eigenvalue weighted by Gasteiger charge is 2.26. The second-order valence-electron chi connectivity index (χ2n) is 11.0.